The fraction of sp³-hybridized carbons (Fsp3) is 0.111. The molecule has 0 bridgehead atoms. The van der Waals surface area contributed by atoms with Crippen molar-refractivity contribution in [1.82, 2.24) is 15.2 Å². The number of nitrogens with zero attached hydrogens (tertiary/aromatic N) is 1. The number of carbonyl (C=O) groups excluding carboxylic acids is 2. The predicted molar refractivity (Wildman–Crippen MR) is 90.0 cm³/mol. The van der Waals surface area contributed by atoms with Gasteiger partial charge in [0.05, 0.1) is 6.54 Å². The van der Waals surface area contributed by atoms with Crippen LogP contribution in [0.25, 0.3) is 10.8 Å². The lowest BCUT2D eigenvalue weighted by Crippen LogP contribution is -2.47. The number of phenols is 1. The Morgan fingerprint density at radius 2 is 1.81 bits per heavy atom. The van der Waals surface area contributed by atoms with Gasteiger partial charge in [0.1, 0.15) is 11.6 Å². The highest BCUT2D eigenvalue weighted by atomic mass is 19.1. The molecule has 3 amide bonds. The minimum Gasteiger partial charge on any atom is -0.508 e. The number of hydrogen-bond acceptors (Lipinski definition) is 4. The van der Waals surface area contributed by atoms with E-state index in [-0.39, 0.29) is 18.2 Å². The van der Waals surface area contributed by atoms with E-state index >= 15 is 0 Å². The van der Waals surface area contributed by atoms with Crippen molar-refractivity contribution in [3.05, 3.63) is 60.0 Å². The minimum atomic E-state index is -1.50. The zero-order chi connectivity index (χ0) is 18.5. The van der Waals surface area contributed by atoms with E-state index in [4.69, 9.17) is 0 Å². The quantitative estimate of drug-likeness (QED) is 0.539. The number of aromatic nitrogens is 1. The van der Waals surface area contributed by atoms with Crippen LogP contribution in [0, 0.1) is 5.82 Å². The van der Waals surface area contributed by atoms with E-state index in [2.05, 4.69) is 10.6 Å². The van der Waals surface area contributed by atoms with Crippen molar-refractivity contribution in [2.75, 3.05) is 0 Å². The average Bonchev–Trinajstić information content (AvgIpc) is 3.05. The standard InChI is InChI=1S/C18H14FN3O4/c19-12-3-1-11(2-4-12)18(16(25)20-17(26)21-18)9-22-8-10-7-13(23)5-6-14(10)15(22)24/h1-8,23-24H,9H2,(H2,20,21,25,26). The molecule has 0 aliphatic carbocycles. The van der Waals surface area contributed by atoms with Gasteiger partial charge >= 0.3 is 6.03 Å². The maximum absolute atomic E-state index is 13.3. The molecule has 1 aliphatic rings. The van der Waals surface area contributed by atoms with Gasteiger partial charge in [-0.25, -0.2) is 9.18 Å². The number of nitrogens with one attached hydrogen (secondary N) is 2. The van der Waals surface area contributed by atoms with Gasteiger partial charge in [-0.15, -0.1) is 0 Å². The van der Waals surface area contributed by atoms with Crippen LogP contribution in [-0.2, 0) is 16.9 Å². The van der Waals surface area contributed by atoms with Gasteiger partial charge in [0.15, 0.2) is 11.4 Å². The molecule has 0 radical (unpaired) electrons. The largest absolute Gasteiger partial charge is 0.508 e. The molecule has 8 heteroatoms. The van der Waals surface area contributed by atoms with Gasteiger partial charge in [-0.05, 0) is 35.9 Å². The van der Waals surface area contributed by atoms with Gasteiger partial charge in [-0.3, -0.25) is 10.1 Å². The summed E-state index contributed by atoms with van der Waals surface area (Å²) in [4.78, 5) is 24.3. The molecule has 1 unspecified atom stereocenters. The highest BCUT2D eigenvalue weighted by Crippen LogP contribution is 2.34. The van der Waals surface area contributed by atoms with Crippen molar-refractivity contribution in [2.45, 2.75) is 12.1 Å². The second-order valence-corrected chi connectivity index (χ2v) is 6.17. The molecule has 2 aromatic carbocycles. The number of hydrogen-bond donors (Lipinski definition) is 4. The van der Waals surface area contributed by atoms with E-state index in [9.17, 15) is 24.2 Å². The Labute approximate surface area is 146 Å². The summed E-state index contributed by atoms with van der Waals surface area (Å²) in [5.41, 5.74) is -1.12. The Kier molecular flexibility index (Phi) is 3.36. The van der Waals surface area contributed by atoms with Gasteiger partial charge in [0, 0.05) is 17.0 Å². The van der Waals surface area contributed by atoms with Crippen LogP contribution in [-0.4, -0.2) is 26.7 Å². The van der Waals surface area contributed by atoms with Crippen LogP contribution in [0.4, 0.5) is 9.18 Å². The van der Waals surface area contributed by atoms with Crippen molar-refractivity contribution in [3.63, 3.8) is 0 Å². The summed E-state index contributed by atoms with van der Waals surface area (Å²) in [5.74, 6) is -1.15. The lowest BCUT2D eigenvalue weighted by atomic mass is 9.89. The monoisotopic (exact) mass is 355 g/mol. The Morgan fingerprint density at radius 1 is 1.08 bits per heavy atom. The van der Waals surface area contributed by atoms with E-state index in [1.807, 2.05) is 0 Å². The summed E-state index contributed by atoms with van der Waals surface area (Å²) in [7, 11) is 0. The number of phenolic OH excluding ortho intramolecular Hbond substituents is 1. The first-order valence-electron chi connectivity index (χ1n) is 7.79. The van der Waals surface area contributed by atoms with Gasteiger partial charge < -0.3 is 20.1 Å². The number of halogens is 1. The first kappa shape index (κ1) is 15.9. The third-order valence-electron chi connectivity index (χ3n) is 4.53. The normalized spacial score (nSPS) is 19.6. The smallest absolute Gasteiger partial charge is 0.322 e. The molecule has 4 N–H and O–H groups in total. The topological polar surface area (TPSA) is 104 Å². The summed E-state index contributed by atoms with van der Waals surface area (Å²) < 4.78 is 14.7. The summed E-state index contributed by atoms with van der Waals surface area (Å²) in [5, 5.41) is 25.9. The molecule has 0 saturated carbocycles. The molecule has 132 valence electrons. The molecule has 26 heavy (non-hydrogen) atoms. The first-order valence-corrected chi connectivity index (χ1v) is 7.79. The van der Waals surface area contributed by atoms with Crippen LogP contribution in [0.3, 0.4) is 0 Å². The fourth-order valence-electron chi connectivity index (χ4n) is 3.25. The van der Waals surface area contributed by atoms with Crippen LogP contribution < -0.4 is 10.6 Å². The van der Waals surface area contributed by atoms with Crippen LogP contribution >= 0.6 is 0 Å². The number of imide groups is 1. The number of carbonyl (C=O) groups is 2. The zero-order valence-corrected chi connectivity index (χ0v) is 13.4. The molecule has 1 aliphatic heterocycles. The predicted octanol–water partition coefficient (Wildman–Crippen LogP) is 1.93. The second-order valence-electron chi connectivity index (χ2n) is 6.17. The van der Waals surface area contributed by atoms with E-state index in [1.165, 1.54) is 41.0 Å². The Morgan fingerprint density at radius 3 is 2.46 bits per heavy atom. The highest BCUT2D eigenvalue weighted by molar-refractivity contribution is 6.07. The Balaban J connectivity index is 1.84. The molecular weight excluding hydrogens is 341 g/mol. The van der Waals surface area contributed by atoms with Gasteiger partial charge in [-0.2, -0.15) is 0 Å². The Bertz CT molecular complexity index is 1040. The summed E-state index contributed by atoms with van der Waals surface area (Å²) >= 11 is 0. The summed E-state index contributed by atoms with van der Waals surface area (Å²) in [6, 6.07) is 8.99. The average molecular weight is 355 g/mol. The number of benzene rings is 2. The number of amides is 3. The molecular formula is C18H14FN3O4. The maximum atomic E-state index is 13.3. The van der Waals surface area contributed by atoms with Gasteiger partial charge in [0.2, 0.25) is 0 Å². The molecule has 4 rings (SSSR count). The molecule has 1 saturated heterocycles. The fourth-order valence-corrected chi connectivity index (χ4v) is 3.25. The van der Waals surface area contributed by atoms with Crippen LogP contribution in [0.5, 0.6) is 11.6 Å². The van der Waals surface area contributed by atoms with E-state index < -0.39 is 23.3 Å². The minimum absolute atomic E-state index is 0.0369. The summed E-state index contributed by atoms with van der Waals surface area (Å²) in [6.45, 7) is -0.114. The van der Waals surface area contributed by atoms with Crippen molar-refractivity contribution < 1.29 is 24.2 Å². The van der Waals surface area contributed by atoms with Crippen molar-refractivity contribution in [3.8, 4) is 11.6 Å². The van der Waals surface area contributed by atoms with Crippen molar-refractivity contribution in [1.29, 1.82) is 0 Å². The van der Waals surface area contributed by atoms with Crippen LogP contribution in [0.15, 0.2) is 48.7 Å². The summed E-state index contributed by atoms with van der Waals surface area (Å²) in [6.07, 6.45) is 1.56. The van der Waals surface area contributed by atoms with Gasteiger partial charge in [-0.1, -0.05) is 12.1 Å². The number of fused-ring (bicyclic) bond motifs is 1. The molecule has 1 aromatic heterocycles. The number of rotatable bonds is 3. The third kappa shape index (κ3) is 2.34. The zero-order valence-electron chi connectivity index (χ0n) is 13.4. The highest BCUT2D eigenvalue weighted by Gasteiger charge is 2.48. The number of urea groups is 1. The molecule has 1 fully saturated rings. The second kappa shape index (κ2) is 5.48. The van der Waals surface area contributed by atoms with Crippen LogP contribution in [0.1, 0.15) is 5.56 Å². The lowest BCUT2D eigenvalue weighted by molar-refractivity contribution is -0.124. The van der Waals surface area contributed by atoms with Gasteiger partial charge in [0.25, 0.3) is 5.91 Å². The van der Waals surface area contributed by atoms with E-state index in [0.29, 0.717) is 16.3 Å². The Hall–Kier alpha value is -3.55. The van der Waals surface area contributed by atoms with E-state index in [0.717, 1.165) is 0 Å². The molecule has 7 nitrogen and oxygen atoms in total. The molecule has 1 atom stereocenters. The van der Waals surface area contributed by atoms with Crippen molar-refractivity contribution in [2.24, 2.45) is 0 Å². The van der Waals surface area contributed by atoms with Crippen LogP contribution in [0.2, 0.25) is 0 Å². The molecule has 2 heterocycles. The lowest BCUT2D eigenvalue weighted by Gasteiger charge is -2.27. The van der Waals surface area contributed by atoms with E-state index in [1.54, 1.807) is 12.3 Å². The first-order chi connectivity index (χ1) is 12.4. The maximum Gasteiger partial charge on any atom is 0.322 e. The third-order valence-corrected chi connectivity index (χ3v) is 4.53. The SMILES string of the molecule is O=C1NC(=O)C(Cn2cc3cc(O)ccc3c2O)(c2ccc(F)cc2)N1. The molecule has 0 spiro atoms. The van der Waals surface area contributed by atoms with Crippen molar-refractivity contribution >= 4 is 22.7 Å². The number of aromatic hydroxyl groups is 2. The molecule has 3 aromatic rings.